The molecule has 2 heterocycles. The summed E-state index contributed by atoms with van der Waals surface area (Å²) >= 11 is 0. The van der Waals surface area contributed by atoms with E-state index in [1.165, 1.54) is 45.1 Å². The molecule has 0 aliphatic carbocycles. The van der Waals surface area contributed by atoms with Gasteiger partial charge in [0.15, 0.2) is 18.7 Å². The Morgan fingerprint density at radius 2 is 1.64 bits per heavy atom. The first kappa shape index (κ1) is 37.0. The zero-order valence-electron chi connectivity index (χ0n) is 25.7. The molecule has 0 aromatic heterocycles. The Kier molecular flexibility index (Phi) is 12.7. The zero-order valence-corrected chi connectivity index (χ0v) is 25.7. The van der Waals surface area contributed by atoms with Gasteiger partial charge in [-0.3, -0.25) is 0 Å². The number of ether oxygens (including phenoxy) is 5. The molecule has 1 aromatic rings. The van der Waals surface area contributed by atoms with Gasteiger partial charge in [0, 0.05) is 6.08 Å². The monoisotopic (exact) mass is 642 g/mol. The highest BCUT2D eigenvalue weighted by Gasteiger charge is 2.53. The number of benzene rings is 1. The van der Waals surface area contributed by atoms with E-state index in [9.17, 15) is 45.6 Å². The van der Waals surface area contributed by atoms with Crippen LogP contribution in [0.3, 0.4) is 0 Å². The second-order valence-corrected chi connectivity index (χ2v) is 12.2. The van der Waals surface area contributed by atoms with Crippen molar-refractivity contribution >= 4 is 12.0 Å². The third-order valence-corrected chi connectivity index (χ3v) is 8.00. The number of hydrogen-bond donors (Lipinski definition) is 8. The first-order chi connectivity index (χ1) is 21.0. The maximum atomic E-state index is 12.9. The maximum absolute atomic E-state index is 12.9. The van der Waals surface area contributed by atoms with Crippen LogP contribution in [0.25, 0.3) is 6.08 Å². The van der Waals surface area contributed by atoms with Crippen molar-refractivity contribution in [2.75, 3.05) is 6.61 Å². The largest absolute Gasteiger partial charge is 0.508 e. The molecule has 0 radical (unpaired) electrons. The Morgan fingerprint density at radius 3 is 2.22 bits per heavy atom. The van der Waals surface area contributed by atoms with Gasteiger partial charge in [0.25, 0.3) is 0 Å². The highest BCUT2D eigenvalue weighted by Crippen LogP contribution is 2.34. The molecule has 12 atom stereocenters. The van der Waals surface area contributed by atoms with Crippen molar-refractivity contribution in [3.8, 4) is 5.75 Å². The molecule has 2 fully saturated rings. The van der Waals surface area contributed by atoms with Crippen LogP contribution in [0.15, 0.2) is 43.0 Å². The predicted molar refractivity (Wildman–Crippen MR) is 157 cm³/mol. The number of esters is 1. The van der Waals surface area contributed by atoms with Gasteiger partial charge in [0.1, 0.15) is 42.4 Å². The quantitative estimate of drug-likeness (QED) is 0.0770. The molecule has 14 heteroatoms. The van der Waals surface area contributed by atoms with Gasteiger partial charge in [-0.1, -0.05) is 18.2 Å². The van der Waals surface area contributed by atoms with E-state index in [0.29, 0.717) is 5.56 Å². The summed E-state index contributed by atoms with van der Waals surface area (Å²) in [4.78, 5) is 12.9. The predicted octanol–water partition coefficient (Wildman–Crippen LogP) is -0.519. The summed E-state index contributed by atoms with van der Waals surface area (Å²) in [5.74, 6) is -0.883. The standard InChI is InChI=1S/C31H46O14/c1-6-31(5,14-13-20(34)30(3,4)40)45-29-25(39)27(44-28-24(38)23(37)22(36)16(2)41-28)26(19(15-32)42-29)43-21(35)12-9-17-7-10-18(33)11-8-17/h6-12,16,19-20,22-29,32-34,36-40H,1,13-15H2,2-5H3/t16-,19+,20-,22-,23+,24+,25+,26+,27+,28-,29-,31-/m0/s1. The van der Waals surface area contributed by atoms with Crippen molar-refractivity contribution < 1.29 is 69.3 Å². The van der Waals surface area contributed by atoms with E-state index in [1.54, 1.807) is 19.1 Å². The van der Waals surface area contributed by atoms with E-state index < -0.39 is 91.3 Å². The molecule has 254 valence electrons. The van der Waals surface area contributed by atoms with Gasteiger partial charge in [0.2, 0.25) is 0 Å². The van der Waals surface area contributed by atoms with Crippen LogP contribution in [-0.2, 0) is 28.5 Å². The highest BCUT2D eigenvalue weighted by molar-refractivity contribution is 5.87. The lowest BCUT2D eigenvalue weighted by Gasteiger charge is -2.47. The third-order valence-electron chi connectivity index (χ3n) is 8.00. The normalized spacial score (nSPS) is 34.6. The third kappa shape index (κ3) is 9.53. The lowest BCUT2D eigenvalue weighted by Crippen LogP contribution is -2.65. The van der Waals surface area contributed by atoms with E-state index in [2.05, 4.69) is 6.58 Å². The lowest BCUT2D eigenvalue weighted by molar-refractivity contribution is -0.364. The van der Waals surface area contributed by atoms with Gasteiger partial charge in [-0.15, -0.1) is 6.58 Å². The summed E-state index contributed by atoms with van der Waals surface area (Å²) in [6, 6.07) is 5.95. The summed E-state index contributed by atoms with van der Waals surface area (Å²) in [5.41, 5.74) is -2.08. The van der Waals surface area contributed by atoms with E-state index in [-0.39, 0.29) is 18.6 Å². The fourth-order valence-electron chi connectivity index (χ4n) is 4.89. The molecule has 0 spiro atoms. The van der Waals surface area contributed by atoms with Crippen molar-refractivity contribution in [1.29, 1.82) is 0 Å². The second kappa shape index (κ2) is 15.4. The number of aromatic hydroxyl groups is 1. The SMILES string of the molecule is C=C[C@@](C)(CC[C@H](O)C(C)(C)O)O[C@@H]1O[C@H](CO)[C@@H](OC(=O)C=Cc2ccc(O)cc2)[C@H](O[C@@H]2O[C@@H](C)[C@H](O)[C@@H](O)[C@H]2O)[C@H]1O. The zero-order chi connectivity index (χ0) is 33.7. The van der Waals surface area contributed by atoms with Crippen LogP contribution in [-0.4, -0.2) is 132 Å². The molecule has 0 saturated carbocycles. The van der Waals surface area contributed by atoms with E-state index in [4.69, 9.17) is 23.7 Å². The number of phenols is 1. The van der Waals surface area contributed by atoms with Gasteiger partial charge >= 0.3 is 5.97 Å². The molecule has 2 aliphatic heterocycles. The van der Waals surface area contributed by atoms with Crippen LogP contribution in [0.4, 0.5) is 0 Å². The number of carbonyl (C=O) groups is 1. The van der Waals surface area contributed by atoms with Crippen molar-refractivity contribution in [2.45, 2.75) is 119 Å². The van der Waals surface area contributed by atoms with E-state index in [1.807, 2.05) is 0 Å². The Labute approximate surface area is 261 Å². The van der Waals surface area contributed by atoms with Gasteiger partial charge in [-0.2, -0.15) is 0 Å². The molecule has 0 unspecified atom stereocenters. The van der Waals surface area contributed by atoms with Gasteiger partial charge in [-0.25, -0.2) is 4.79 Å². The Balaban J connectivity index is 1.87. The number of aliphatic hydroxyl groups excluding tert-OH is 6. The molecule has 8 N–H and O–H groups in total. The smallest absolute Gasteiger partial charge is 0.331 e. The number of hydrogen-bond acceptors (Lipinski definition) is 14. The maximum Gasteiger partial charge on any atom is 0.331 e. The molecule has 2 saturated heterocycles. The molecule has 0 bridgehead atoms. The minimum Gasteiger partial charge on any atom is -0.508 e. The summed E-state index contributed by atoms with van der Waals surface area (Å²) in [6.45, 7) is 8.97. The second-order valence-electron chi connectivity index (χ2n) is 12.2. The molecule has 14 nitrogen and oxygen atoms in total. The lowest BCUT2D eigenvalue weighted by atomic mass is 9.91. The van der Waals surface area contributed by atoms with E-state index in [0.717, 1.165) is 6.08 Å². The molecular weight excluding hydrogens is 596 g/mol. The Morgan fingerprint density at radius 1 is 1.00 bits per heavy atom. The van der Waals surface area contributed by atoms with Crippen LogP contribution < -0.4 is 0 Å². The highest BCUT2D eigenvalue weighted by atomic mass is 16.7. The van der Waals surface area contributed by atoms with Crippen LogP contribution in [0, 0.1) is 0 Å². The van der Waals surface area contributed by atoms with Gasteiger partial charge in [0.05, 0.1) is 30.0 Å². The number of rotatable bonds is 13. The van der Waals surface area contributed by atoms with Crippen LogP contribution in [0.1, 0.15) is 46.1 Å². The molecule has 1 aromatic carbocycles. The molecular formula is C31H46O14. The average Bonchev–Trinajstić information content (AvgIpc) is 2.99. The topological polar surface area (TPSA) is 225 Å². The van der Waals surface area contributed by atoms with Crippen LogP contribution in [0.5, 0.6) is 5.75 Å². The first-order valence-electron chi connectivity index (χ1n) is 14.7. The first-order valence-corrected chi connectivity index (χ1v) is 14.7. The minimum absolute atomic E-state index is 0.0330. The number of phenolic OH excluding ortho intramolecular Hbond substituents is 1. The van der Waals surface area contributed by atoms with Gasteiger partial charge in [-0.05, 0) is 64.3 Å². The van der Waals surface area contributed by atoms with Crippen molar-refractivity contribution in [2.24, 2.45) is 0 Å². The van der Waals surface area contributed by atoms with Crippen molar-refractivity contribution in [1.82, 2.24) is 0 Å². The fourth-order valence-corrected chi connectivity index (χ4v) is 4.89. The number of carbonyl (C=O) groups excluding carboxylic acids is 1. The fraction of sp³-hybridized carbons (Fsp3) is 0.645. The summed E-state index contributed by atoms with van der Waals surface area (Å²) < 4.78 is 28.9. The van der Waals surface area contributed by atoms with Crippen molar-refractivity contribution in [3.63, 3.8) is 0 Å². The number of aliphatic hydroxyl groups is 7. The van der Waals surface area contributed by atoms with Crippen molar-refractivity contribution in [3.05, 3.63) is 48.6 Å². The molecule has 45 heavy (non-hydrogen) atoms. The molecule has 3 rings (SSSR count). The summed E-state index contributed by atoms with van der Waals surface area (Å²) in [6.07, 6.45) is -12.2. The van der Waals surface area contributed by atoms with Crippen LogP contribution >= 0.6 is 0 Å². The average molecular weight is 643 g/mol. The molecule has 2 aliphatic rings. The van der Waals surface area contributed by atoms with Crippen LogP contribution in [0.2, 0.25) is 0 Å². The Hall–Kier alpha value is -2.47. The Bertz CT molecular complexity index is 1140. The minimum atomic E-state index is -1.77. The molecule has 0 amide bonds. The summed E-state index contributed by atoms with van der Waals surface area (Å²) in [7, 11) is 0. The van der Waals surface area contributed by atoms with E-state index >= 15 is 0 Å². The summed E-state index contributed by atoms with van der Waals surface area (Å²) in [5, 5.41) is 82.6. The van der Waals surface area contributed by atoms with Gasteiger partial charge < -0.3 is 64.5 Å².